The highest BCUT2D eigenvalue weighted by Gasteiger charge is 2.13. The van der Waals surface area contributed by atoms with Gasteiger partial charge in [0.05, 0.1) is 0 Å². The number of nitrogen functional groups attached to an aromatic ring is 1. The zero-order chi connectivity index (χ0) is 12.5. The molecule has 0 fully saturated rings. The minimum absolute atomic E-state index is 0.133. The lowest BCUT2D eigenvalue weighted by molar-refractivity contribution is 0.429. The van der Waals surface area contributed by atoms with Crippen LogP contribution in [-0.4, -0.2) is 25.3 Å². The third-order valence-electron chi connectivity index (χ3n) is 2.23. The molecule has 2 heterocycles. The third kappa shape index (κ3) is 1.97. The van der Waals surface area contributed by atoms with Crippen molar-refractivity contribution in [1.82, 2.24) is 25.3 Å². The Morgan fingerprint density at radius 2 is 1.94 bits per heavy atom. The second-order valence-corrected chi connectivity index (χ2v) is 4.39. The van der Waals surface area contributed by atoms with E-state index < -0.39 is 0 Å². The number of H-pyrrole nitrogens is 1. The van der Waals surface area contributed by atoms with E-state index in [1.54, 1.807) is 0 Å². The van der Waals surface area contributed by atoms with Crippen LogP contribution in [0.5, 0.6) is 0 Å². The van der Waals surface area contributed by atoms with Crippen molar-refractivity contribution in [2.24, 2.45) is 0 Å². The van der Waals surface area contributed by atoms with Gasteiger partial charge in [-0.3, -0.25) is 5.10 Å². The van der Waals surface area contributed by atoms with Crippen molar-refractivity contribution in [2.75, 3.05) is 5.73 Å². The average Bonchev–Trinajstić information content (AvgIpc) is 2.98. The van der Waals surface area contributed by atoms with E-state index in [1.165, 1.54) is 0 Å². The molecule has 8 heteroatoms. The number of nitrogens with one attached hydrogen (secondary N) is 1. The summed E-state index contributed by atoms with van der Waals surface area (Å²) in [6, 6.07) is 7.57. The molecule has 0 unspecified atom stereocenters. The molecule has 3 N–H and O–H groups in total. The van der Waals surface area contributed by atoms with Crippen LogP contribution in [0, 0.1) is 0 Å². The van der Waals surface area contributed by atoms with E-state index in [2.05, 4.69) is 41.3 Å². The highest BCUT2D eigenvalue weighted by atomic mass is 79.9. The lowest BCUT2D eigenvalue weighted by atomic mass is 10.2. The molecule has 0 atom stereocenters. The maximum absolute atomic E-state index is 5.40. The Bertz CT molecular complexity index is 674. The molecule has 0 amide bonds. The fourth-order valence-corrected chi connectivity index (χ4v) is 1.67. The average molecular weight is 307 g/mol. The van der Waals surface area contributed by atoms with Gasteiger partial charge in [0, 0.05) is 10.0 Å². The first-order valence-corrected chi connectivity index (χ1v) is 5.79. The number of hydrogen-bond acceptors (Lipinski definition) is 6. The van der Waals surface area contributed by atoms with Crippen LogP contribution in [0.25, 0.3) is 23.1 Å². The minimum Gasteiger partial charge on any atom is -0.366 e. The Labute approximate surface area is 110 Å². The first-order chi connectivity index (χ1) is 8.72. The second-order valence-electron chi connectivity index (χ2n) is 3.47. The summed E-state index contributed by atoms with van der Waals surface area (Å²) < 4.78 is 6.07. The Balaban J connectivity index is 1.96. The van der Waals surface area contributed by atoms with Crippen LogP contribution in [0.4, 0.5) is 5.95 Å². The zero-order valence-corrected chi connectivity index (χ0v) is 10.5. The number of benzene rings is 1. The van der Waals surface area contributed by atoms with Crippen LogP contribution in [-0.2, 0) is 0 Å². The van der Waals surface area contributed by atoms with Gasteiger partial charge in [-0.1, -0.05) is 21.1 Å². The molecule has 0 saturated heterocycles. The van der Waals surface area contributed by atoms with Crippen molar-refractivity contribution in [3.05, 3.63) is 28.7 Å². The normalized spacial score (nSPS) is 10.7. The second kappa shape index (κ2) is 4.22. The molecule has 90 valence electrons. The van der Waals surface area contributed by atoms with Gasteiger partial charge in [-0.25, -0.2) is 0 Å². The standard InChI is InChI=1S/C10H7BrN6O/c11-6-3-1-5(2-4-6)7-13-9(18-17-7)8-14-10(12)16-15-8/h1-4H,(H3,12,14,15,16). The summed E-state index contributed by atoms with van der Waals surface area (Å²) in [5.74, 6) is 1.21. The van der Waals surface area contributed by atoms with Crippen molar-refractivity contribution in [1.29, 1.82) is 0 Å². The highest BCUT2D eigenvalue weighted by molar-refractivity contribution is 9.10. The molecule has 3 rings (SSSR count). The van der Waals surface area contributed by atoms with Gasteiger partial charge in [0.15, 0.2) is 0 Å². The van der Waals surface area contributed by atoms with Gasteiger partial charge in [-0.2, -0.15) is 9.97 Å². The van der Waals surface area contributed by atoms with Crippen molar-refractivity contribution >= 4 is 21.9 Å². The molecule has 0 aliphatic carbocycles. The minimum atomic E-state index is 0.133. The number of aromatic amines is 1. The summed E-state index contributed by atoms with van der Waals surface area (Å²) in [7, 11) is 0. The molecule has 0 aliphatic rings. The molecule has 2 aromatic heterocycles. The number of nitrogens with two attached hydrogens (primary N) is 1. The van der Waals surface area contributed by atoms with Crippen molar-refractivity contribution < 1.29 is 4.52 Å². The SMILES string of the molecule is Nc1n[nH]c(-c2nc(-c3ccc(Br)cc3)no2)n1. The summed E-state index contributed by atoms with van der Waals surface area (Å²) >= 11 is 3.36. The summed E-state index contributed by atoms with van der Waals surface area (Å²) in [4.78, 5) is 8.12. The van der Waals surface area contributed by atoms with Gasteiger partial charge in [-0.15, -0.1) is 5.10 Å². The molecule has 18 heavy (non-hydrogen) atoms. The topological polar surface area (TPSA) is 107 Å². The highest BCUT2D eigenvalue weighted by Crippen LogP contribution is 2.21. The van der Waals surface area contributed by atoms with Crippen LogP contribution < -0.4 is 5.73 Å². The smallest absolute Gasteiger partial charge is 0.295 e. The van der Waals surface area contributed by atoms with Crippen molar-refractivity contribution in [3.8, 4) is 23.1 Å². The molecule has 0 radical (unpaired) electrons. The van der Waals surface area contributed by atoms with E-state index in [0.717, 1.165) is 10.0 Å². The predicted molar refractivity (Wildman–Crippen MR) is 67.2 cm³/mol. The number of rotatable bonds is 2. The molecular formula is C10H7BrN6O. The third-order valence-corrected chi connectivity index (χ3v) is 2.76. The Morgan fingerprint density at radius 1 is 1.17 bits per heavy atom. The van der Waals surface area contributed by atoms with Gasteiger partial charge in [0.25, 0.3) is 5.89 Å². The zero-order valence-electron chi connectivity index (χ0n) is 8.96. The largest absolute Gasteiger partial charge is 0.366 e. The Hall–Kier alpha value is -2.22. The first-order valence-electron chi connectivity index (χ1n) is 5.00. The molecular weight excluding hydrogens is 300 g/mol. The Morgan fingerprint density at radius 3 is 2.61 bits per heavy atom. The van der Waals surface area contributed by atoms with Gasteiger partial charge >= 0.3 is 0 Å². The fourth-order valence-electron chi connectivity index (χ4n) is 1.41. The van der Waals surface area contributed by atoms with Crippen LogP contribution in [0.15, 0.2) is 33.3 Å². The fraction of sp³-hybridized carbons (Fsp3) is 0. The molecule has 0 spiro atoms. The number of anilines is 1. The summed E-state index contributed by atoms with van der Waals surface area (Å²) in [5, 5.41) is 10.2. The molecule has 0 bridgehead atoms. The molecule has 0 aliphatic heterocycles. The molecule has 1 aromatic carbocycles. The maximum Gasteiger partial charge on any atom is 0.295 e. The van der Waals surface area contributed by atoms with Crippen LogP contribution in [0.1, 0.15) is 0 Å². The Kier molecular flexibility index (Phi) is 2.56. The lowest BCUT2D eigenvalue weighted by Crippen LogP contribution is -1.85. The van der Waals surface area contributed by atoms with E-state index in [4.69, 9.17) is 10.3 Å². The van der Waals surface area contributed by atoms with Gasteiger partial charge in [0.2, 0.25) is 17.6 Å². The van der Waals surface area contributed by atoms with E-state index in [1.807, 2.05) is 24.3 Å². The quantitative estimate of drug-likeness (QED) is 0.748. The molecule has 0 saturated carbocycles. The van der Waals surface area contributed by atoms with Crippen LogP contribution in [0.3, 0.4) is 0 Å². The van der Waals surface area contributed by atoms with Gasteiger partial charge in [0.1, 0.15) is 0 Å². The summed E-state index contributed by atoms with van der Waals surface area (Å²) in [6.45, 7) is 0. The van der Waals surface area contributed by atoms with E-state index in [-0.39, 0.29) is 11.8 Å². The number of hydrogen-bond donors (Lipinski definition) is 2. The number of aromatic nitrogens is 5. The predicted octanol–water partition coefficient (Wildman–Crippen LogP) is 1.87. The lowest BCUT2D eigenvalue weighted by Gasteiger charge is -1.93. The molecule has 7 nitrogen and oxygen atoms in total. The number of nitrogens with zero attached hydrogens (tertiary/aromatic N) is 4. The monoisotopic (exact) mass is 306 g/mol. The van der Waals surface area contributed by atoms with E-state index in [9.17, 15) is 0 Å². The van der Waals surface area contributed by atoms with Crippen LogP contribution >= 0.6 is 15.9 Å². The van der Waals surface area contributed by atoms with Gasteiger partial charge < -0.3 is 10.3 Å². The van der Waals surface area contributed by atoms with Crippen molar-refractivity contribution in [3.63, 3.8) is 0 Å². The number of halogens is 1. The van der Waals surface area contributed by atoms with E-state index in [0.29, 0.717) is 11.6 Å². The maximum atomic E-state index is 5.40. The molecule has 3 aromatic rings. The van der Waals surface area contributed by atoms with Crippen LogP contribution in [0.2, 0.25) is 0 Å². The summed E-state index contributed by atoms with van der Waals surface area (Å²) in [6.07, 6.45) is 0. The van der Waals surface area contributed by atoms with Gasteiger partial charge in [-0.05, 0) is 24.3 Å². The first kappa shape index (κ1) is 10.9. The van der Waals surface area contributed by atoms with Crippen molar-refractivity contribution in [2.45, 2.75) is 0 Å². The van der Waals surface area contributed by atoms with E-state index >= 15 is 0 Å². The summed E-state index contributed by atoms with van der Waals surface area (Å²) in [5.41, 5.74) is 6.25.